The van der Waals surface area contributed by atoms with Crippen molar-refractivity contribution in [1.82, 2.24) is 9.88 Å². The zero-order valence-corrected chi connectivity index (χ0v) is 16.0. The van der Waals surface area contributed by atoms with Crippen molar-refractivity contribution >= 4 is 62.4 Å². The number of carbonyl (C=O) groups is 1. The number of nitrogens with zero attached hydrogens (tertiary/aromatic N) is 2. The van der Waals surface area contributed by atoms with E-state index in [-0.39, 0.29) is 5.91 Å². The third-order valence-corrected chi connectivity index (χ3v) is 6.12. The third kappa shape index (κ3) is 4.22. The van der Waals surface area contributed by atoms with Gasteiger partial charge in [-0.1, -0.05) is 35.3 Å². The maximum Gasteiger partial charge on any atom is 0.233 e. The minimum absolute atomic E-state index is 0.0234. The molecule has 7 heteroatoms. The van der Waals surface area contributed by atoms with Crippen molar-refractivity contribution in [1.29, 1.82) is 0 Å². The minimum Gasteiger partial charge on any atom is -0.338 e. The summed E-state index contributed by atoms with van der Waals surface area (Å²) in [5, 5.41) is 2.14. The molecule has 0 saturated heterocycles. The second kappa shape index (κ2) is 7.74. The summed E-state index contributed by atoms with van der Waals surface area (Å²) in [6, 6.07) is 13.2. The average Bonchev–Trinajstić information content (AvgIpc) is 2.97. The molecule has 0 bridgehead atoms. The Bertz CT molecular complexity index is 849. The van der Waals surface area contributed by atoms with E-state index in [4.69, 9.17) is 23.2 Å². The highest BCUT2D eigenvalue weighted by Gasteiger charge is 2.13. The number of halogens is 2. The van der Waals surface area contributed by atoms with Crippen molar-refractivity contribution in [2.45, 2.75) is 11.4 Å². The maximum atomic E-state index is 12.3. The van der Waals surface area contributed by atoms with E-state index in [1.165, 1.54) is 11.8 Å². The van der Waals surface area contributed by atoms with Gasteiger partial charge >= 0.3 is 0 Å². The van der Waals surface area contributed by atoms with Crippen molar-refractivity contribution < 1.29 is 4.79 Å². The number of hydrogen-bond acceptors (Lipinski definition) is 4. The number of benzene rings is 2. The van der Waals surface area contributed by atoms with Crippen molar-refractivity contribution in [3.05, 3.63) is 57.5 Å². The predicted octanol–water partition coefficient (Wildman–Crippen LogP) is 5.35. The van der Waals surface area contributed by atoms with Gasteiger partial charge in [0.15, 0.2) is 0 Å². The van der Waals surface area contributed by atoms with E-state index in [0.717, 1.165) is 20.1 Å². The molecule has 0 atom stereocenters. The Morgan fingerprint density at radius 1 is 1.25 bits per heavy atom. The Labute approximate surface area is 158 Å². The molecule has 0 aliphatic heterocycles. The highest BCUT2D eigenvalue weighted by atomic mass is 35.5. The van der Waals surface area contributed by atoms with E-state index in [9.17, 15) is 4.79 Å². The molecule has 3 aromatic rings. The summed E-state index contributed by atoms with van der Waals surface area (Å²) >= 11 is 15.1. The van der Waals surface area contributed by atoms with Crippen LogP contribution in [0.4, 0.5) is 0 Å². The molecular weight excluding hydrogens is 383 g/mol. The second-order valence-corrected chi connectivity index (χ2v) is 8.16. The fourth-order valence-corrected chi connectivity index (χ4v) is 4.57. The number of amides is 1. The molecule has 24 heavy (non-hydrogen) atoms. The number of para-hydroxylation sites is 1. The Balaban J connectivity index is 1.61. The summed E-state index contributed by atoms with van der Waals surface area (Å²) in [6.07, 6.45) is 0. The number of carbonyl (C=O) groups excluding carboxylic acids is 1. The van der Waals surface area contributed by atoms with Gasteiger partial charge in [-0.25, -0.2) is 4.98 Å². The minimum atomic E-state index is 0.0234. The fraction of sp³-hybridized carbons (Fsp3) is 0.176. The Kier molecular flexibility index (Phi) is 5.66. The van der Waals surface area contributed by atoms with Gasteiger partial charge in [0.25, 0.3) is 0 Å². The number of thioether (sulfide) groups is 1. The summed E-state index contributed by atoms with van der Waals surface area (Å²) < 4.78 is 1.13. The van der Waals surface area contributed by atoms with Crippen LogP contribution in [0.5, 0.6) is 0 Å². The number of aromatic nitrogens is 1. The lowest BCUT2D eigenvalue weighted by Gasteiger charge is -2.15. The van der Waals surface area contributed by atoms with E-state index in [2.05, 4.69) is 4.98 Å². The summed E-state index contributed by atoms with van der Waals surface area (Å²) in [5.74, 6) is 0.330. The van der Waals surface area contributed by atoms with Crippen LogP contribution in [0.1, 0.15) is 5.01 Å². The Hall–Kier alpha value is -1.27. The first-order valence-electron chi connectivity index (χ1n) is 7.19. The van der Waals surface area contributed by atoms with Gasteiger partial charge in [0.1, 0.15) is 5.01 Å². The van der Waals surface area contributed by atoms with Gasteiger partial charge in [-0.05, 0) is 30.3 Å². The topological polar surface area (TPSA) is 33.2 Å². The quantitative estimate of drug-likeness (QED) is 0.544. The normalized spacial score (nSPS) is 11.0. The van der Waals surface area contributed by atoms with Crippen LogP contribution in [0, 0.1) is 0 Å². The third-order valence-electron chi connectivity index (χ3n) is 3.38. The smallest absolute Gasteiger partial charge is 0.233 e. The molecule has 0 radical (unpaired) electrons. The molecule has 0 aliphatic rings. The van der Waals surface area contributed by atoms with Crippen LogP contribution in [-0.4, -0.2) is 28.6 Å². The van der Waals surface area contributed by atoms with Gasteiger partial charge in [0.2, 0.25) is 5.91 Å². The molecule has 0 unspecified atom stereocenters. The van der Waals surface area contributed by atoms with Crippen LogP contribution < -0.4 is 0 Å². The predicted molar refractivity (Wildman–Crippen MR) is 103 cm³/mol. The van der Waals surface area contributed by atoms with Crippen LogP contribution in [0.25, 0.3) is 10.2 Å². The molecule has 1 amide bonds. The molecule has 1 aromatic heterocycles. The van der Waals surface area contributed by atoms with E-state index >= 15 is 0 Å². The molecular formula is C17H14Cl2N2OS2. The molecule has 0 saturated carbocycles. The average molecular weight is 397 g/mol. The summed E-state index contributed by atoms with van der Waals surface area (Å²) in [4.78, 5) is 19.4. The molecule has 3 nitrogen and oxygen atoms in total. The van der Waals surface area contributed by atoms with Crippen molar-refractivity contribution in [2.24, 2.45) is 0 Å². The molecule has 1 heterocycles. The number of hydrogen-bond donors (Lipinski definition) is 0. The van der Waals surface area contributed by atoms with Crippen LogP contribution >= 0.6 is 46.3 Å². The Morgan fingerprint density at radius 2 is 2.04 bits per heavy atom. The van der Waals surface area contributed by atoms with E-state index in [0.29, 0.717) is 22.3 Å². The van der Waals surface area contributed by atoms with Gasteiger partial charge < -0.3 is 4.90 Å². The lowest BCUT2D eigenvalue weighted by atomic mass is 10.3. The number of thiazole rings is 1. The van der Waals surface area contributed by atoms with Crippen LogP contribution in [0.15, 0.2) is 47.4 Å². The molecule has 3 rings (SSSR count). The molecule has 0 spiro atoms. The summed E-state index contributed by atoms with van der Waals surface area (Å²) in [7, 11) is 1.79. The summed E-state index contributed by atoms with van der Waals surface area (Å²) in [5.41, 5.74) is 0.971. The summed E-state index contributed by atoms with van der Waals surface area (Å²) in [6.45, 7) is 0.502. The molecule has 2 aromatic carbocycles. The Morgan fingerprint density at radius 3 is 2.83 bits per heavy atom. The van der Waals surface area contributed by atoms with Gasteiger partial charge in [0, 0.05) is 17.0 Å². The molecule has 0 N–H and O–H groups in total. The monoisotopic (exact) mass is 396 g/mol. The number of fused-ring (bicyclic) bond motifs is 1. The zero-order chi connectivity index (χ0) is 17.1. The first-order chi connectivity index (χ1) is 11.5. The van der Waals surface area contributed by atoms with E-state index in [1.807, 2.05) is 24.3 Å². The number of rotatable bonds is 5. The zero-order valence-electron chi connectivity index (χ0n) is 12.8. The standard InChI is InChI=1S/C17H14Cl2N2OS2/c1-21(9-16-20-13-4-2-3-5-14(13)24-16)17(22)10-23-15-8-11(18)6-7-12(15)19/h2-8H,9-10H2,1H3. The lowest BCUT2D eigenvalue weighted by Crippen LogP contribution is -2.27. The highest BCUT2D eigenvalue weighted by Crippen LogP contribution is 2.30. The van der Waals surface area contributed by atoms with Crippen LogP contribution in [0.2, 0.25) is 10.0 Å². The first kappa shape index (κ1) is 17.5. The van der Waals surface area contributed by atoms with Crippen molar-refractivity contribution in [2.75, 3.05) is 12.8 Å². The van der Waals surface area contributed by atoms with E-state index in [1.54, 1.807) is 41.5 Å². The molecule has 0 fully saturated rings. The molecule has 124 valence electrons. The lowest BCUT2D eigenvalue weighted by molar-refractivity contribution is -0.127. The van der Waals surface area contributed by atoms with Crippen molar-refractivity contribution in [3.63, 3.8) is 0 Å². The fourth-order valence-electron chi connectivity index (χ4n) is 2.12. The highest BCUT2D eigenvalue weighted by molar-refractivity contribution is 8.00. The van der Waals surface area contributed by atoms with Gasteiger partial charge in [-0.3, -0.25) is 4.79 Å². The SMILES string of the molecule is CN(Cc1nc2ccccc2s1)C(=O)CSc1cc(Cl)ccc1Cl. The van der Waals surface area contributed by atoms with Gasteiger partial charge in [0.05, 0.1) is 27.5 Å². The van der Waals surface area contributed by atoms with Gasteiger partial charge in [-0.2, -0.15) is 0 Å². The first-order valence-corrected chi connectivity index (χ1v) is 9.75. The molecule has 0 aliphatic carbocycles. The van der Waals surface area contributed by atoms with Gasteiger partial charge in [-0.15, -0.1) is 23.1 Å². The van der Waals surface area contributed by atoms with Crippen LogP contribution in [0.3, 0.4) is 0 Å². The largest absolute Gasteiger partial charge is 0.338 e. The maximum absolute atomic E-state index is 12.3. The van der Waals surface area contributed by atoms with Crippen LogP contribution in [-0.2, 0) is 11.3 Å². The van der Waals surface area contributed by atoms with Crippen molar-refractivity contribution in [3.8, 4) is 0 Å². The van der Waals surface area contributed by atoms with E-state index < -0.39 is 0 Å². The second-order valence-electron chi connectivity index (χ2n) is 5.19.